The van der Waals surface area contributed by atoms with E-state index in [4.69, 9.17) is 4.74 Å². The van der Waals surface area contributed by atoms with Crippen molar-refractivity contribution in [2.45, 2.75) is 37.6 Å². The van der Waals surface area contributed by atoms with E-state index in [0.717, 1.165) is 37.5 Å². The number of ether oxygens (including phenoxy) is 1. The van der Waals surface area contributed by atoms with Crippen molar-refractivity contribution < 1.29 is 9.53 Å². The number of aromatic nitrogens is 2. The monoisotopic (exact) mass is 346 g/mol. The number of aryl methyl sites for hydroxylation is 1. The van der Waals surface area contributed by atoms with Gasteiger partial charge in [0, 0.05) is 44.0 Å². The topological polar surface area (TPSA) is 59.4 Å². The van der Waals surface area contributed by atoms with E-state index < -0.39 is 0 Å². The lowest BCUT2D eigenvalue weighted by atomic mass is 10.0. The third-order valence-electron chi connectivity index (χ3n) is 4.95. The molecular formula is C17H22N4O2S. The molecule has 4 heterocycles. The number of carbonyl (C=O) groups excluding carboxylic acids is 1. The molecule has 6 nitrogen and oxygen atoms in total. The molecule has 2 aliphatic heterocycles. The lowest BCUT2D eigenvalue weighted by Gasteiger charge is -2.32. The molecule has 0 unspecified atom stereocenters. The van der Waals surface area contributed by atoms with Gasteiger partial charge in [-0.2, -0.15) is 0 Å². The van der Waals surface area contributed by atoms with E-state index in [1.807, 2.05) is 41.5 Å². The molecule has 7 heteroatoms. The molecule has 0 bridgehead atoms. The standard InChI is InChI=1S/C17H22N4O2S/c1-20-7-2-4-14(20)17(22)19-12-10-21(11-15-18-6-9-24-15)13-5-3-8-23-16(12)13/h2,4,6-7,9,12-13,16H,3,5,8,10-11H2,1H3,(H,19,22)/t12-,13-,16-/m1/s1. The quantitative estimate of drug-likeness (QED) is 0.914. The number of nitrogens with one attached hydrogen (secondary N) is 1. The number of thiazole rings is 1. The van der Waals surface area contributed by atoms with E-state index in [1.54, 1.807) is 11.3 Å². The van der Waals surface area contributed by atoms with Crippen molar-refractivity contribution in [3.8, 4) is 0 Å². The lowest BCUT2D eigenvalue weighted by molar-refractivity contribution is -0.0211. The molecule has 128 valence electrons. The fourth-order valence-corrected chi connectivity index (χ4v) is 4.45. The number of rotatable bonds is 4. The molecule has 2 aromatic heterocycles. The maximum atomic E-state index is 12.6. The first-order chi connectivity index (χ1) is 11.7. The van der Waals surface area contributed by atoms with Crippen molar-refractivity contribution in [1.29, 1.82) is 0 Å². The van der Waals surface area contributed by atoms with Crippen LogP contribution in [0.4, 0.5) is 0 Å². The van der Waals surface area contributed by atoms with Crippen molar-refractivity contribution >= 4 is 17.2 Å². The van der Waals surface area contributed by atoms with Gasteiger partial charge in [-0.05, 0) is 25.0 Å². The molecule has 0 aliphatic carbocycles. The van der Waals surface area contributed by atoms with Crippen LogP contribution in [0, 0.1) is 0 Å². The summed E-state index contributed by atoms with van der Waals surface area (Å²) >= 11 is 1.68. The Hall–Kier alpha value is -1.70. The van der Waals surface area contributed by atoms with Gasteiger partial charge < -0.3 is 14.6 Å². The zero-order valence-corrected chi connectivity index (χ0v) is 14.5. The number of fused-ring (bicyclic) bond motifs is 1. The zero-order valence-electron chi connectivity index (χ0n) is 13.7. The lowest BCUT2D eigenvalue weighted by Crippen LogP contribution is -2.47. The number of likely N-dealkylation sites (tertiary alicyclic amines) is 1. The normalized spacial score (nSPS) is 27.1. The van der Waals surface area contributed by atoms with Crippen LogP contribution in [-0.2, 0) is 18.3 Å². The molecule has 3 atom stereocenters. The summed E-state index contributed by atoms with van der Waals surface area (Å²) in [5, 5.41) is 6.32. The molecule has 2 aromatic rings. The van der Waals surface area contributed by atoms with Crippen molar-refractivity contribution in [2.75, 3.05) is 13.2 Å². The fraction of sp³-hybridized carbons (Fsp3) is 0.529. The summed E-state index contributed by atoms with van der Waals surface area (Å²) in [5.41, 5.74) is 0.681. The number of carbonyl (C=O) groups is 1. The highest BCUT2D eigenvalue weighted by Crippen LogP contribution is 2.30. The van der Waals surface area contributed by atoms with Gasteiger partial charge in [0.25, 0.3) is 5.91 Å². The summed E-state index contributed by atoms with van der Waals surface area (Å²) in [7, 11) is 1.89. The minimum absolute atomic E-state index is 0.0256. The van der Waals surface area contributed by atoms with Crippen LogP contribution < -0.4 is 5.32 Å². The van der Waals surface area contributed by atoms with Gasteiger partial charge in [0.2, 0.25) is 0 Å². The van der Waals surface area contributed by atoms with Crippen LogP contribution in [0.2, 0.25) is 0 Å². The summed E-state index contributed by atoms with van der Waals surface area (Å²) in [5.74, 6) is -0.0310. The van der Waals surface area contributed by atoms with Gasteiger partial charge in [0.1, 0.15) is 10.7 Å². The largest absolute Gasteiger partial charge is 0.374 e. The first-order valence-corrected chi connectivity index (χ1v) is 9.26. The Morgan fingerprint density at radius 3 is 3.21 bits per heavy atom. The number of hydrogen-bond acceptors (Lipinski definition) is 5. The van der Waals surface area contributed by atoms with Crippen LogP contribution in [0.1, 0.15) is 28.3 Å². The molecule has 0 radical (unpaired) electrons. The number of nitrogens with zero attached hydrogens (tertiary/aromatic N) is 3. The smallest absolute Gasteiger partial charge is 0.268 e. The third kappa shape index (κ3) is 2.99. The highest BCUT2D eigenvalue weighted by molar-refractivity contribution is 7.09. The Bertz CT molecular complexity index is 699. The molecule has 4 rings (SSSR count). The molecule has 0 saturated carbocycles. The maximum Gasteiger partial charge on any atom is 0.268 e. The van der Waals surface area contributed by atoms with Crippen LogP contribution in [0.15, 0.2) is 29.9 Å². The van der Waals surface area contributed by atoms with Gasteiger partial charge in [-0.3, -0.25) is 9.69 Å². The first kappa shape index (κ1) is 15.8. The molecule has 2 aliphatic rings. The average molecular weight is 346 g/mol. The van der Waals surface area contributed by atoms with E-state index in [0.29, 0.717) is 11.7 Å². The van der Waals surface area contributed by atoms with Crippen LogP contribution in [0.3, 0.4) is 0 Å². The van der Waals surface area contributed by atoms with Crippen molar-refractivity contribution in [1.82, 2.24) is 19.8 Å². The second kappa shape index (κ2) is 6.66. The second-order valence-electron chi connectivity index (χ2n) is 6.48. The average Bonchev–Trinajstić information content (AvgIpc) is 3.30. The molecule has 2 fully saturated rings. The van der Waals surface area contributed by atoms with Gasteiger partial charge >= 0.3 is 0 Å². The summed E-state index contributed by atoms with van der Waals surface area (Å²) in [4.78, 5) is 19.4. The van der Waals surface area contributed by atoms with Gasteiger partial charge in [-0.15, -0.1) is 11.3 Å². The SMILES string of the molecule is Cn1cccc1C(=O)N[C@@H]1CN(Cc2nccs2)[C@@H]2CCCO[C@@H]21. The predicted octanol–water partition coefficient (Wildman–Crippen LogP) is 1.64. The van der Waals surface area contributed by atoms with E-state index >= 15 is 0 Å². The van der Waals surface area contributed by atoms with Crippen molar-refractivity contribution in [2.24, 2.45) is 7.05 Å². The molecule has 2 saturated heterocycles. The third-order valence-corrected chi connectivity index (χ3v) is 5.71. The first-order valence-electron chi connectivity index (χ1n) is 8.38. The highest BCUT2D eigenvalue weighted by atomic mass is 32.1. The number of hydrogen-bond donors (Lipinski definition) is 1. The van der Waals surface area contributed by atoms with E-state index in [9.17, 15) is 4.79 Å². The van der Waals surface area contributed by atoms with Crippen molar-refractivity contribution in [3.63, 3.8) is 0 Å². The molecule has 1 N–H and O–H groups in total. The van der Waals surface area contributed by atoms with Gasteiger partial charge in [-0.25, -0.2) is 4.98 Å². The Morgan fingerprint density at radius 1 is 1.54 bits per heavy atom. The Morgan fingerprint density at radius 2 is 2.46 bits per heavy atom. The molecule has 0 spiro atoms. The summed E-state index contributed by atoms with van der Waals surface area (Å²) in [6.07, 6.45) is 6.00. The fourth-order valence-electron chi connectivity index (χ4n) is 3.81. The van der Waals surface area contributed by atoms with Gasteiger partial charge in [0.05, 0.1) is 18.7 Å². The highest BCUT2D eigenvalue weighted by Gasteiger charge is 2.44. The van der Waals surface area contributed by atoms with Crippen LogP contribution >= 0.6 is 11.3 Å². The number of amides is 1. The maximum absolute atomic E-state index is 12.6. The minimum Gasteiger partial charge on any atom is -0.374 e. The minimum atomic E-state index is -0.0310. The second-order valence-corrected chi connectivity index (χ2v) is 7.46. The molecule has 0 aromatic carbocycles. The summed E-state index contributed by atoms with van der Waals surface area (Å²) in [6, 6.07) is 4.12. The van der Waals surface area contributed by atoms with Crippen LogP contribution in [-0.4, -0.2) is 51.7 Å². The van der Waals surface area contributed by atoms with Gasteiger partial charge in [0.15, 0.2) is 0 Å². The van der Waals surface area contributed by atoms with E-state index in [-0.39, 0.29) is 18.1 Å². The van der Waals surface area contributed by atoms with E-state index in [1.165, 1.54) is 0 Å². The van der Waals surface area contributed by atoms with Crippen molar-refractivity contribution in [3.05, 3.63) is 40.6 Å². The Kier molecular flexibility index (Phi) is 4.39. The molecule has 1 amide bonds. The molecule has 24 heavy (non-hydrogen) atoms. The van der Waals surface area contributed by atoms with Crippen LogP contribution in [0.5, 0.6) is 0 Å². The van der Waals surface area contributed by atoms with E-state index in [2.05, 4.69) is 15.2 Å². The Balaban J connectivity index is 1.48. The predicted molar refractivity (Wildman–Crippen MR) is 92.0 cm³/mol. The van der Waals surface area contributed by atoms with Crippen LogP contribution in [0.25, 0.3) is 0 Å². The molecular weight excluding hydrogens is 324 g/mol. The van der Waals surface area contributed by atoms with Gasteiger partial charge in [-0.1, -0.05) is 0 Å². The summed E-state index contributed by atoms with van der Waals surface area (Å²) in [6.45, 7) is 2.42. The zero-order chi connectivity index (χ0) is 16.5. The summed E-state index contributed by atoms with van der Waals surface area (Å²) < 4.78 is 7.88. The Labute approximate surface area is 145 Å².